The molecule has 0 aromatic heterocycles. The van der Waals surface area contributed by atoms with Gasteiger partial charge in [-0.3, -0.25) is 0 Å². The molecule has 2 aliphatic heterocycles. The van der Waals surface area contributed by atoms with Crippen LogP contribution >= 0.6 is 0 Å². The van der Waals surface area contributed by atoms with Crippen molar-refractivity contribution >= 4 is 0 Å². The van der Waals surface area contributed by atoms with Crippen LogP contribution in [0.2, 0.25) is 0 Å². The highest BCUT2D eigenvalue weighted by Crippen LogP contribution is 2.31. The zero-order valence-electron chi connectivity index (χ0n) is 27.7. The van der Waals surface area contributed by atoms with Crippen molar-refractivity contribution in [2.75, 3.05) is 41.7 Å². The molecule has 0 bridgehead atoms. The maximum atomic E-state index is 6.58. The van der Waals surface area contributed by atoms with Gasteiger partial charge in [-0.1, -0.05) is 91.0 Å². The normalized spacial score (nSPS) is 29.5. The molecule has 2 saturated heterocycles. The average molecular weight is 653 g/mol. The number of methoxy groups -OCH3 is 4. The van der Waals surface area contributed by atoms with Crippen LogP contribution in [0.5, 0.6) is 0 Å². The first-order valence-electron chi connectivity index (χ1n) is 16.1. The third-order valence-corrected chi connectivity index (χ3v) is 8.56. The standard InChI is InChI=1S/C37H48O10/c1-38-34-31(47-37(41-4)36(40-3)35(34)39-2)25-44-32-20-29(43-22-27-16-10-6-11-17-27)33(45-23-28-18-12-7-13-19-28)30(46-32)24-42-21-26-14-8-5-9-15-26/h5-19,29-37H,20-25H2,1-4H3/t29-,30-,31-,32-,33+,34-,35+,36-,37+/m1/s1. The molecular weight excluding hydrogens is 604 g/mol. The number of hydrogen-bond acceptors (Lipinski definition) is 10. The quantitative estimate of drug-likeness (QED) is 0.200. The topological polar surface area (TPSA) is 92.3 Å². The minimum atomic E-state index is -0.658. The van der Waals surface area contributed by atoms with Gasteiger partial charge >= 0.3 is 0 Å². The van der Waals surface area contributed by atoms with Crippen molar-refractivity contribution in [2.45, 2.75) is 81.5 Å². The van der Waals surface area contributed by atoms with Crippen LogP contribution < -0.4 is 0 Å². The van der Waals surface area contributed by atoms with Gasteiger partial charge in [-0.25, -0.2) is 0 Å². The highest BCUT2D eigenvalue weighted by molar-refractivity contribution is 5.15. The van der Waals surface area contributed by atoms with E-state index >= 15 is 0 Å². The molecule has 0 saturated carbocycles. The summed E-state index contributed by atoms with van der Waals surface area (Å²) >= 11 is 0. The second kappa shape index (κ2) is 18.7. The smallest absolute Gasteiger partial charge is 0.186 e. The fourth-order valence-corrected chi connectivity index (χ4v) is 6.13. The van der Waals surface area contributed by atoms with Crippen LogP contribution in [-0.4, -0.2) is 97.0 Å². The van der Waals surface area contributed by atoms with Gasteiger partial charge in [0.2, 0.25) is 0 Å². The molecule has 0 N–H and O–H groups in total. The number of ether oxygens (including phenoxy) is 10. The molecule has 2 heterocycles. The Bertz CT molecular complexity index is 1270. The Balaban J connectivity index is 1.32. The van der Waals surface area contributed by atoms with Gasteiger partial charge in [0.25, 0.3) is 0 Å². The van der Waals surface area contributed by atoms with Crippen molar-refractivity contribution in [3.8, 4) is 0 Å². The van der Waals surface area contributed by atoms with Crippen molar-refractivity contribution < 1.29 is 47.4 Å². The molecule has 10 nitrogen and oxygen atoms in total. The van der Waals surface area contributed by atoms with Gasteiger partial charge in [-0.05, 0) is 16.7 Å². The number of benzene rings is 3. The predicted molar refractivity (Wildman–Crippen MR) is 173 cm³/mol. The van der Waals surface area contributed by atoms with Crippen LogP contribution in [0.15, 0.2) is 91.0 Å². The van der Waals surface area contributed by atoms with Crippen molar-refractivity contribution in [2.24, 2.45) is 0 Å². The Morgan fingerprint density at radius 1 is 0.511 bits per heavy atom. The molecule has 0 spiro atoms. The van der Waals surface area contributed by atoms with Crippen LogP contribution in [-0.2, 0) is 67.2 Å². The highest BCUT2D eigenvalue weighted by Gasteiger charge is 2.48. The van der Waals surface area contributed by atoms with Gasteiger partial charge in [0.05, 0.1) is 39.1 Å². The molecule has 9 atom stereocenters. The van der Waals surface area contributed by atoms with E-state index in [9.17, 15) is 0 Å². The molecule has 5 rings (SSSR count). The van der Waals surface area contributed by atoms with Gasteiger partial charge < -0.3 is 47.4 Å². The second-order valence-electron chi connectivity index (χ2n) is 11.6. The summed E-state index contributed by atoms with van der Waals surface area (Å²) in [5.41, 5.74) is 3.20. The number of hydrogen-bond donors (Lipinski definition) is 0. The van der Waals surface area contributed by atoms with Crippen LogP contribution in [0.25, 0.3) is 0 Å². The van der Waals surface area contributed by atoms with E-state index in [0.29, 0.717) is 26.2 Å². The fourth-order valence-electron chi connectivity index (χ4n) is 6.13. The first-order valence-corrected chi connectivity index (χ1v) is 16.1. The molecule has 2 aliphatic rings. The van der Waals surface area contributed by atoms with Crippen LogP contribution in [0.1, 0.15) is 23.1 Å². The molecule has 0 radical (unpaired) electrons. The molecule has 3 aromatic rings. The Morgan fingerprint density at radius 3 is 1.60 bits per heavy atom. The van der Waals surface area contributed by atoms with Crippen molar-refractivity contribution in [1.29, 1.82) is 0 Å². The molecule has 2 fully saturated rings. The minimum Gasteiger partial charge on any atom is -0.376 e. The minimum absolute atomic E-state index is 0.165. The van der Waals surface area contributed by atoms with Gasteiger partial charge in [0, 0.05) is 34.9 Å². The zero-order chi connectivity index (χ0) is 32.8. The third kappa shape index (κ3) is 9.90. The van der Waals surface area contributed by atoms with Gasteiger partial charge in [-0.15, -0.1) is 0 Å². The zero-order valence-corrected chi connectivity index (χ0v) is 27.7. The van der Waals surface area contributed by atoms with E-state index in [4.69, 9.17) is 47.4 Å². The molecule has 0 unspecified atom stereocenters. The second-order valence-corrected chi connectivity index (χ2v) is 11.6. The lowest BCUT2D eigenvalue weighted by Gasteiger charge is -2.45. The third-order valence-electron chi connectivity index (χ3n) is 8.56. The van der Waals surface area contributed by atoms with E-state index < -0.39 is 49.2 Å². The number of rotatable bonds is 17. The van der Waals surface area contributed by atoms with Gasteiger partial charge in [0.1, 0.15) is 36.6 Å². The van der Waals surface area contributed by atoms with E-state index in [0.717, 1.165) is 16.7 Å². The highest BCUT2D eigenvalue weighted by atomic mass is 16.7. The lowest BCUT2D eigenvalue weighted by Crippen LogP contribution is -2.61. The summed E-state index contributed by atoms with van der Waals surface area (Å²) in [6, 6.07) is 30.2. The predicted octanol–water partition coefficient (Wildman–Crippen LogP) is 4.92. The van der Waals surface area contributed by atoms with Crippen molar-refractivity contribution in [1.82, 2.24) is 0 Å². The van der Waals surface area contributed by atoms with Gasteiger partial charge in [-0.2, -0.15) is 0 Å². The summed E-state index contributed by atoms with van der Waals surface area (Å²) in [4.78, 5) is 0. The van der Waals surface area contributed by atoms with Crippen molar-refractivity contribution in [3.63, 3.8) is 0 Å². The maximum absolute atomic E-state index is 6.58. The lowest BCUT2D eigenvalue weighted by molar-refractivity contribution is -0.324. The lowest BCUT2D eigenvalue weighted by atomic mass is 9.98. The summed E-state index contributed by atoms with van der Waals surface area (Å²) in [6.07, 6.45) is -3.93. The van der Waals surface area contributed by atoms with E-state index in [-0.39, 0.29) is 19.3 Å². The molecule has 10 heteroatoms. The maximum Gasteiger partial charge on any atom is 0.186 e. The first-order chi connectivity index (χ1) is 23.1. The summed E-state index contributed by atoms with van der Waals surface area (Å²) in [5.74, 6) is 0. The first kappa shape index (κ1) is 35.6. The Kier molecular flexibility index (Phi) is 14.2. The largest absolute Gasteiger partial charge is 0.376 e. The molecular formula is C37H48O10. The van der Waals surface area contributed by atoms with Crippen LogP contribution in [0, 0.1) is 0 Å². The average Bonchev–Trinajstić information content (AvgIpc) is 3.13. The Labute approximate surface area is 278 Å². The SMILES string of the molecule is CO[C@H]1O[C@H](CO[C@H]2C[C@@H](OCc3ccccc3)[C@H](OCc3ccccc3)[C@@H](COCc3ccccc3)O2)[C@@H](OC)[C@H](OC)[C@H]1OC. The Hall–Kier alpha value is -2.74. The van der Waals surface area contributed by atoms with E-state index in [1.807, 2.05) is 91.0 Å². The van der Waals surface area contributed by atoms with Gasteiger partial charge in [0.15, 0.2) is 12.6 Å². The summed E-state index contributed by atoms with van der Waals surface area (Å²) < 4.78 is 61.4. The monoisotopic (exact) mass is 652 g/mol. The Morgan fingerprint density at radius 2 is 1.04 bits per heavy atom. The fraction of sp³-hybridized carbons (Fsp3) is 0.514. The molecule has 3 aromatic carbocycles. The summed E-state index contributed by atoms with van der Waals surface area (Å²) in [5, 5.41) is 0. The van der Waals surface area contributed by atoms with E-state index in [1.54, 1.807) is 28.4 Å². The molecule has 0 amide bonds. The van der Waals surface area contributed by atoms with E-state index in [2.05, 4.69) is 0 Å². The van der Waals surface area contributed by atoms with Crippen LogP contribution in [0.3, 0.4) is 0 Å². The van der Waals surface area contributed by atoms with E-state index in [1.165, 1.54) is 0 Å². The molecule has 256 valence electrons. The van der Waals surface area contributed by atoms with Crippen LogP contribution in [0.4, 0.5) is 0 Å². The van der Waals surface area contributed by atoms with Crippen molar-refractivity contribution in [3.05, 3.63) is 108 Å². The molecule has 0 aliphatic carbocycles. The molecule has 47 heavy (non-hydrogen) atoms. The summed E-state index contributed by atoms with van der Waals surface area (Å²) in [7, 11) is 6.40. The summed E-state index contributed by atoms with van der Waals surface area (Å²) in [6.45, 7) is 1.71.